The fourth-order valence-electron chi connectivity index (χ4n) is 2.37. The Bertz CT molecular complexity index is 511. The number of hydrogen-bond donors (Lipinski definition) is 1. The van der Waals surface area contributed by atoms with Gasteiger partial charge in [0.15, 0.2) is 0 Å². The fourth-order valence-corrected chi connectivity index (χ4v) is 2.37. The van der Waals surface area contributed by atoms with Crippen molar-refractivity contribution in [3.63, 3.8) is 0 Å². The minimum atomic E-state index is -0.164. The van der Waals surface area contributed by atoms with Crippen LogP contribution in [-0.4, -0.2) is 19.3 Å². The Morgan fingerprint density at radius 3 is 2.95 bits per heavy atom. The normalized spacial score (nSPS) is 19.7. The molecule has 0 bridgehead atoms. The van der Waals surface area contributed by atoms with E-state index in [0.29, 0.717) is 12.6 Å². The van der Waals surface area contributed by atoms with Gasteiger partial charge in [0, 0.05) is 24.1 Å². The lowest BCUT2D eigenvalue weighted by atomic mass is 9.90. The molecule has 2 rings (SSSR count). The quantitative estimate of drug-likeness (QED) is 0.847. The number of nitrogens with one attached hydrogen (secondary N) is 1. The van der Waals surface area contributed by atoms with Crippen LogP contribution >= 0.6 is 0 Å². The van der Waals surface area contributed by atoms with Gasteiger partial charge in [-0.15, -0.1) is 5.92 Å². The van der Waals surface area contributed by atoms with Crippen LogP contribution in [0, 0.1) is 11.8 Å². The molecule has 1 atom stereocenters. The zero-order valence-electron chi connectivity index (χ0n) is 12.0. The molecule has 0 aromatic heterocycles. The molecule has 1 aromatic rings. The van der Waals surface area contributed by atoms with Gasteiger partial charge < -0.3 is 14.8 Å². The maximum absolute atomic E-state index is 6.04. The van der Waals surface area contributed by atoms with Gasteiger partial charge in [-0.2, -0.15) is 0 Å². The molecule has 0 radical (unpaired) electrons. The summed E-state index contributed by atoms with van der Waals surface area (Å²) in [6.45, 7) is 6.43. The highest BCUT2D eigenvalue weighted by atomic mass is 16.5. The average molecular weight is 259 g/mol. The van der Waals surface area contributed by atoms with Crippen LogP contribution in [0.2, 0.25) is 0 Å². The van der Waals surface area contributed by atoms with Crippen molar-refractivity contribution < 1.29 is 9.47 Å². The molecule has 0 saturated heterocycles. The molecule has 102 valence electrons. The lowest BCUT2D eigenvalue weighted by Crippen LogP contribution is -2.38. The molecule has 0 spiro atoms. The molecular weight excluding hydrogens is 238 g/mol. The Labute approximate surface area is 115 Å². The molecule has 3 heteroatoms. The summed E-state index contributed by atoms with van der Waals surface area (Å²) >= 11 is 0. The van der Waals surface area contributed by atoms with Gasteiger partial charge in [-0.25, -0.2) is 0 Å². The monoisotopic (exact) mass is 259 g/mol. The summed E-state index contributed by atoms with van der Waals surface area (Å²) in [4.78, 5) is 0. The third kappa shape index (κ3) is 3.21. The lowest BCUT2D eigenvalue weighted by Gasteiger charge is -2.37. The summed E-state index contributed by atoms with van der Waals surface area (Å²) in [5, 5.41) is 3.34. The molecular formula is C16H21NO2. The smallest absolute Gasteiger partial charge is 0.149 e. The van der Waals surface area contributed by atoms with Crippen molar-refractivity contribution in [3.8, 4) is 23.3 Å². The van der Waals surface area contributed by atoms with E-state index in [2.05, 4.69) is 37.1 Å². The average Bonchev–Trinajstić information content (AvgIpc) is 2.36. The van der Waals surface area contributed by atoms with E-state index >= 15 is 0 Å². The van der Waals surface area contributed by atoms with Crippen molar-refractivity contribution in [1.82, 2.24) is 5.32 Å². The van der Waals surface area contributed by atoms with Gasteiger partial charge in [0.25, 0.3) is 0 Å². The van der Waals surface area contributed by atoms with Crippen LogP contribution in [0.5, 0.6) is 11.5 Å². The molecule has 1 heterocycles. The van der Waals surface area contributed by atoms with E-state index in [-0.39, 0.29) is 5.60 Å². The highest BCUT2D eigenvalue weighted by Crippen LogP contribution is 2.40. The number of benzene rings is 1. The van der Waals surface area contributed by atoms with Crippen molar-refractivity contribution in [1.29, 1.82) is 0 Å². The van der Waals surface area contributed by atoms with E-state index in [0.717, 1.165) is 17.9 Å². The molecule has 1 aliphatic rings. The van der Waals surface area contributed by atoms with E-state index in [1.165, 1.54) is 5.56 Å². The predicted molar refractivity (Wildman–Crippen MR) is 76.5 cm³/mol. The lowest BCUT2D eigenvalue weighted by molar-refractivity contribution is 0.0672. The third-order valence-electron chi connectivity index (χ3n) is 3.28. The molecule has 1 N–H and O–H groups in total. The first-order chi connectivity index (χ1) is 9.05. The van der Waals surface area contributed by atoms with E-state index in [9.17, 15) is 0 Å². The standard InChI is InChI=1S/C16H21NO2/c1-5-6-9-18-12-7-8-13-14(17-4)11-16(2,3)19-15(13)10-12/h7-8,10,14,17H,9,11H2,1-4H3. The topological polar surface area (TPSA) is 30.5 Å². The Hall–Kier alpha value is -1.66. The Morgan fingerprint density at radius 2 is 2.26 bits per heavy atom. The van der Waals surface area contributed by atoms with Crippen molar-refractivity contribution in [2.75, 3.05) is 13.7 Å². The first kappa shape index (κ1) is 13.8. The molecule has 1 aromatic carbocycles. The zero-order chi connectivity index (χ0) is 13.9. The SMILES string of the molecule is CC#CCOc1ccc2c(c1)OC(C)(C)CC2NC. The Kier molecular flexibility index (Phi) is 4.01. The minimum absolute atomic E-state index is 0.164. The summed E-state index contributed by atoms with van der Waals surface area (Å²) in [7, 11) is 1.98. The van der Waals surface area contributed by atoms with E-state index in [4.69, 9.17) is 9.47 Å². The van der Waals surface area contributed by atoms with Gasteiger partial charge in [-0.05, 0) is 33.9 Å². The summed E-state index contributed by atoms with van der Waals surface area (Å²) in [5.41, 5.74) is 1.03. The summed E-state index contributed by atoms with van der Waals surface area (Å²) in [5.74, 6) is 7.40. The van der Waals surface area contributed by atoms with E-state index in [1.54, 1.807) is 6.92 Å². The molecule has 0 aliphatic carbocycles. The van der Waals surface area contributed by atoms with Crippen molar-refractivity contribution in [3.05, 3.63) is 23.8 Å². The number of hydrogen-bond acceptors (Lipinski definition) is 3. The zero-order valence-corrected chi connectivity index (χ0v) is 12.0. The van der Waals surface area contributed by atoms with Crippen LogP contribution in [0.4, 0.5) is 0 Å². The largest absolute Gasteiger partial charge is 0.487 e. The fraction of sp³-hybridized carbons (Fsp3) is 0.500. The second-order valence-corrected chi connectivity index (χ2v) is 5.32. The number of rotatable bonds is 3. The Morgan fingerprint density at radius 1 is 1.47 bits per heavy atom. The highest BCUT2D eigenvalue weighted by molar-refractivity contribution is 5.44. The highest BCUT2D eigenvalue weighted by Gasteiger charge is 2.33. The van der Waals surface area contributed by atoms with Gasteiger partial charge in [0.2, 0.25) is 0 Å². The minimum Gasteiger partial charge on any atom is -0.487 e. The number of fused-ring (bicyclic) bond motifs is 1. The maximum atomic E-state index is 6.04. The molecule has 3 nitrogen and oxygen atoms in total. The molecule has 19 heavy (non-hydrogen) atoms. The van der Waals surface area contributed by atoms with Crippen molar-refractivity contribution in [2.45, 2.75) is 38.8 Å². The number of ether oxygens (including phenoxy) is 2. The van der Waals surface area contributed by atoms with Crippen LogP contribution in [0.1, 0.15) is 38.8 Å². The predicted octanol–water partition coefficient (Wildman–Crippen LogP) is 2.91. The third-order valence-corrected chi connectivity index (χ3v) is 3.28. The van der Waals surface area contributed by atoms with Gasteiger partial charge in [0.1, 0.15) is 23.7 Å². The Balaban J connectivity index is 2.24. The van der Waals surface area contributed by atoms with Crippen LogP contribution in [-0.2, 0) is 0 Å². The first-order valence-electron chi connectivity index (χ1n) is 6.58. The summed E-state index contributed by atoms with van der Waals surface area (Å²) in [6, 6.07) is 6.32. The molecule has 1 unspecified atom stereocenters. The maximum Gasteiger partial charge on any atom is 0.149 e. The van der Waals surface area contributed by atoms with Crippen molar-refractivity contribution in [2.24, 2.45) is 0 Å². The molecule has 0 saturated carbocycles. The van der Waals surface area contributed by atoms with Crippen molar-refractivity contribution >= 4 is 0 Å². The van der Waals surface area contributed by atoms with E-state index in [1.807, 2.05) is 19.2 Å². The first-order valence-corrected chi connectivity index (χ1v) is 6.58. The van der Waals surface area contributed by atoms with Gasteiger partial charge in [0.05, 0.1) is 0 Å². The summed E-state index contributed by atoms with van der Waals surface area (Å²) in [6.07, 6.45) is 0.956. The van der Waals surface area contributed by atoms with Gasteiger partial charge >= 0.3 is 0 Å². The molecule has 1 aliphatic heterocycles. The van der Waals surface area contributed by atoms with E-state index < -0.39 is 0 Å². The van der Waals surface area contributed by atoms with Crippen LogP contribution < -0.4 is 14.8 Å². The molecule has 0 amide bonds. The van der Waals surface area contributed by atoms with Gasteiger partial charge in [-0.1, -0.05) is 12.0 Å². The summed E-state index contributed by atoms with van der Waals surface area (Å²) < 4.78 is 11.6. The second-order valence-electron chi connectivity index (χ2n) is 5.32. The van der Waals surface area contributed by atoms with Gasteiger partial charge in [-0.3, -0.25) is 0 Å². The van der Waals surface area contributed by atoms with Crippen LogP contribution in [0.25, 0.3) is 0 Å². The second kappa shape index (κ2) is 5.54. The van der Waals surface area contributed by atoms with Crippen LogP contribution in [0.15, 0.2) is 18.2 Å². The molecule has 0 fully saturated rings. The van der Waals surface area contributed by atoms with Crippen LogP contribution in [0.3, 0.4) is 0 Å².